The van der Waals surface area contributed by atoms with Gasteiger partial charge in [-0.25, -0.2) is 0 Å². The van der Waals surface area contributed by atoms with Gasteiger partial charge in [0.05, 0.1) is 11.1 Å². The van der Waals surface area contributed by atoms with Crippen molar-refractivity contribution in [2.45, 2.75) is 19.4 Å². The fraction of sp³-hybridized carbons (Fsp3) is 0.286. The summed E-state index contributed by atoms with van der Waals surface area (Å²) in [5.41, 5.74) is 3.86. The minimum absolute atomic E-state index is 0.0124. The van der Waals surface area contributed by atoms with Gasteiger partial charge in [0.1, 0.15) is 0 Å². The first-order valence-electron chi connectivity index (χ1n) is 9.01. The highest BCUT2D eigenvalue weighted by Gasteiger charge is 2.19. The smallest absolute Gasteiger partial charge is 0.254 e. The van der Waals surface area contributed by atoms with Crippen LogP contribution in [-0.4, -0.2) is 40.9 Å². The Morgan fingerprint density at radius 1 is 1.12 bits per heavy atom. The number of amides is 1. The maximum atomic E-state index is 13.1. The van der Waals surface area contributed by atoms with Gasteiger partial charge in [-0.15, -0.1) is 0 Å². The van der Waals surface area contributed by atoms with Gasteiger partial charge >= 0.3 is 0 Å². The number of carbonyl (C=O) groups is 1. The fourth-order valence-corrected chi connectivity index (χ4v) is 3.62. The molecule has 0 radical (unpaired) electrons. The highest BCUT2D eigenvalue weighted by molar-refractivity contribution is 6.05. The van der Waals surface area contributed by atoms with E-state index in [4.69, 9.17) is 0 Å². The molecule has 26 heavy (non-hydrogen) atoms. The SMILES string of the molecule is CN(Cc1ccccc1N1CCCC1)C(=O)c1ccnc2ccncc12. The third kappa shape index (κ3) is 3.12. The maximum absolute atomic E-state index is 13.1. The molecule has 0 aliphatic carbocycles. The van der Waals surface area contributed by atoms with Gasteiger partial charge < -0.3 is 9.80 Å². The molecule has 132 valence electrons. The van der Waals surface area contributed by atoms with Crippen LogP contribution in [0.15, 0.2) is 55.0 Å². The molecule has 1 amide bonds. The molecule has 0 N–H and O–H groups in total. The van der Waals surface area contributed by atoms with Gasteiger partial charge in [-0.2, -0.15) is 0 Å². The maximum Gasteiger partial charge on any atom is 0.254 e. The topological polar surface area (TPSA) is 49.3 Å². The van der Waals surface area contributed by atoms with Crippen molar-refractivity contribution in [2.75, 3.05) is 25.0 Å². The van der Waals surface area contributed by atoms with E-state index in [0.29, 0.717) is 12.1 Å². The molecule has 5 nitrogen and oxygen atoms in total. The summed E-state index contributed by atoms with van der Waals surface area (Å²) in [6, 6.07) is 12.0. The molecule has 0 unspecified atom stereocenters. The monoisotopic (exact) mass is 346 g/mol. The lowest BCUT2D eigenvalue weighted by Gasteiger charge is -2.24. The molecule has 3 aromatic rings. The third-order valence-electron chi connectivity index (χ3n) is 4.97. The number of anilines is 1. The quantitative estimate of drug-likeness (QED) is 0.725. The molecule has 0 spiro atoms. The van der Waals surface area contributed by atoms with Crippen LogP contribution in [0.25, 0.3) is 10.9 Å². The molecule has 4 rings (SSSR count). The van der Waals surface area contributed by atoms with Crippen LogP contribution in [0, 0.1) is 0 Å². The van der Waals surface area contributed by atoms with Crippen LogP contribution in [0.3, 0.4) is 0 Å². The Kier molecular flexibility index (Phi) is 4.52. The summed E-state index contributed by atoms with van der Waals surface area (Å²) >= 11 is 0. The van der Waals surface area contributed by atoms with Crippen LogP contribution >= 0.6 is 0 Å². The van der Waals surface area contributed by atoms with Gasteiger partial charge in [0, 0.05) is 56.3 Å². The summed E-state index contributed by atoms with van der Waals surface area (Å²) < 4.78 is 0. The molecular formula is C21H22N4O. The van der Waals surface area contributed by atoms with Gasteiger partial charge in [-0.3, -0.25) is 14.8 Å². The van der Waals surface area contributed by atoms with Crippen LogP contribution in [-0.2, 0) is 6.54 Å². The summed E-state index contributed by atoms with van der Waals surface area (Å²) in [5, 5.41) is 0.791. The zero-order valence-corrected chi connectivity index (χ0v) is 14.9. The van der Waals surface area contributed by atoms with E-state index in [1.165, 1.54) is 24.1 Å². The fourth-order valence-electron chi connectivity index (χ4n) is 3.62. The van der Waals surface area contributed by atoms with Gasteiger partial charge in [0.25, 0.3) is 5.91 Å². The number of nitrogens with zero attached hydrogens (tertiary/aromatic N) is 4. The number of aromatic nitrogens is 2. The molecule has 1 aromatic carbocycles. The largest absolute Gasteiger partial charge is 0.371 e. The Labute approximate surface area is 153 Å². The van der Waals surface area contributed by atoms with E-state index < -0.39 is 0 Å². The van der Waals surface area contributed by atoms with Crippen molar-refractivity contribution in [3.63, 3.8) is 0 Å². The molecule has 2 aromatic heterocycles. The number of fused-ring (bicyclic) bond motifs is 1. The van der Waals surface area contributed by atoms with Crippen LogP contribution in [0.2, 0.25) is 0 Å². The van der Waals surface area contributed by atoms with Crippen LogP contribution < -0.4 is 4.90 Å². The molecule has 1 aliphatic heterocycles. The van der Waals surface area contributed by atoms with Crippen molar-refractivity contribution in [1.82, 2.24) is 14.9 Å². The number of rotatable bonds is 4. The molecule has 1 aliphatic rings. The second-order valence-corrected chi connectivity index (χ2v) is 6.74. The molecule has 1 fully saturated rings. The minimum Gasteiger partial charge on any atom is -0.371 e. The Hall–Kier alpha value is -2.95. The van der Waals surface area contributed by atoms with Crippen molar-refractivity contribution in [3.8, 4) is 0 Å². The second kappa shape index (κ2) is 7.12. The average Bonchev–Trinajstić information content (AvgIpc) is 3.22. The zero-order chi connectivity index (χ0) is 17.9. The summed E-state index contributed by atoms with van der Waals surface area (Å²) in [4.78, 5) is 25.7. The molecule has 0 bridgehead atoms. The van der Waals surface area contributed by atoms with E-state index in [2.05, 4.69) is 33.1 Å². The average molecular weight is 346 g/mol. The lowest BCUT2D eigenvalue weighted by molar-refractivity contribution is 0.0787. The normalized spacial score (nSPS) is 14.0. The highest BCUT2D eigenvalue weighted by atomic mass is 16.2. The predicted molar refractivity (Wildman–Crippen MR) is 103 cm³/mol. The van der Waals surface area contributed by atoms with Crippen molar-refractivity contribution in [1.29, 1.82) is 0 Å². The standard InChI is InChI=1S/C21H22N4O/c1-24(15-16-6-2-3-7-20(16)25-12-4-5-13-25)21(26)17-8-11-23-19-9-10-22-14-18(17)19/h2-3,6-11,14H,4-5,12-13,15H2,1H3. The minimum atomic E-state index is -0.0124. The van der Waals surface area contributed by atoms with E-state index in [0.717, 1.165) is 24.0 Å². The number of pyridine rings is 2. The molecule has 0 atom stereocenters. The van der Waals surface area contributed by atoms with Gasteiger partial charge in [-0.1, -0.05) is 18.2 Å². The summed E-state index contributed by atoms with van der Waals surface area (Å²) in [6.45, 7) is 2.76. The number of hydrogen-bond donors (Lipinski definition) is 0. The van der Waals surface area contributed by atoms with Gasteiger partial charge in [-0.05, 0) is 36.6 Å². The first-order chi connectivity index (χ1) is 12.7. The van der Waals surface area contributed by atoms with E-state index >= 15 is 0 Å². The Balaban J connectivity index is 1.60. The van der Waals surface area contributed by atoms with E-state index in [1.54, 1.807) is 29.6 Å². The Bertz CT molecular complexity index is 929. The first kappa shape index (κ1) is 16.5. The third-order valence-corrected chi connectivity index (χ3v) is 4.97. The van der Waals surface area contributed by atoms with E-state index in [1.807, 2.05) is 19.2 Å². The predicted octanol–water partition coefficient (Wildman–Crippen LogP) is 3.50. The van der Waals surface area contributed by atoms with Crippen LogP contribution in [0.5, 0.6) is 0 Å². The first-order valence-corrected chi connectivity index (χ1v) is 9.01. The zero-order valence-electron chi connectivity index (χ0n) is 14.9. The van der Waals surface area contributed by atoms with Crippen LogP contribution in [0.4, 0.5) is 5.69 Å². The van der Waals surface area contributed by atoms with Gasteiger partial charge in [0.15, 0.2) is 0 Å². The molecule has 5 heteroatoms. The molecule has 3 heterocycles. The summed E-state index contributed by atoms with van der Waals surface area (Å²) in [6.07, 6.45) is 7.56. The van der Waals surface area contributed by atoms with Crippen molar-refractivity contribution in [2.24, 2.45) is 0 Å². The summed E-state index contributed by atoms with van der Waals surface area (Å²) in [7, 11) is 1.85. The van der Waals surface area contributed by atoms with Crippen molar-refractivity contribution < 1.29 is 4.79 Å². The summed E-state index contributed by atoms with van der Waals surface area (Å²) in [5.74, 6) is -0.0124. The lowest BCUT2D eigenvalue weighted by atomic mass is 10.1. The number of hydrogen-bond acceptors (Lipinski definition) is 4. The van der Waals surface area contributed by atoms with E-state index in [-0.39, 0.29) is 5.91 Å². The van der Waals surface area contributed by atoms with E-state index in [9.17, 15) is 4.79 Å². The number of benzene rings is 1. The molecule has 1 saturated heterocycles. The van der Waals surface area contributed by atoms with Crippen LogP contribution in [0.1, 0.15) is 28.8 Å². The van der Waals surface area contributed by atoms with Gasteiger partial charge in [0.2, 0.25) is 0 Å². The Morgan fingerprint density at radius 2 is 1.92 bits per heavy atom. The lowest BCUT2D eigenvalue weighted by Crippen LogP contribution is -2.28. The number of para-hydroxylation sites is 1. The van der Waals surface area contributed by atoms with Crippen molar-refractivity contribution in [3.05, 3.63) is 66.1 Å². The number of carbonyl (C=O) groups excluding carboxylic acids is 1. The second-order valence-electron chi connectivity index (χ2n) is 6.74. The molecule has 0 saturated carbocycles. The Morgan fingerprint density at radius 3 is 2.77 bits per heavy atom. The van der Waals surface area contributed by atoms with Crippen molar-refractivity contribution >= 4 is 22.5 Å². The highest BCUT2D eigenvalue weighted by Crippen LogP contribution is 2.26. The molecular weight excluding hydrogens is 324 g/mol.